The van der Waals surface area contributed by atoms with Crippen LogP contribution in [-0.4, -0.2) is 35.1 Å². The molecule has 0 radical (unpaired) electrons. The van der Waals surface area contributed by atoms with Crippen LogP contribution in [0.3, 0.4) is 0 Å². The first kappa shape index (κ1) is 12.8. The molecule has 1 aliphatic carbocycles. The maximum absolute atomic E-state index is 11.6. The van der Waals surface area contributed by atoms with Gasteiger partial charge in [0.05, 0.1) is 0 Å². The van der Waals surface area contributed by atoms with E-state index >= 15 is 0 Å². The van der Waals surface area contributed by atoms with Gasteiger partial charge in [-0.2, -0.15) is 0 Å². The highest BCUT2D eigenvalue weighted by atomic mass is 35.5. The average Bonchev–Trinajstić information content (AvgIpc) is 3.19. The SMILES string of the molecule is O=C(NCCNC(=O)C1CC1)c1ccc(Cl)nn1. The van der Waals surface area contributed by atoms with Crippen molar-refractivity contribution in [2.24, 2.45) is 5.92 Å². The molecule has 1 aliphatic rings. The maximum atomic E-state index is 11.6. The number of nitrogens with zero attached hydrogens (tertiary/aromatic N) is 2. The van der Waals surface area contributed by atoms with E-state index in [2.05, 4.69) is 20.8 Å². The van der Waals surface area contributed by atoms with Gasteiger partial charge in [0, 0.05) is 19.0 Å². The highest BCUT2D eigenvalue weighted by Gasteiger charge is 2.28. The van der Waals surface area contributed by atoms with E-state index in [1.807, 2.05) is 0 Å². The molecule has 1 heterocycles. The Morgan fingerprint density at radius 3 is 2.56 bits per heavy atom. The van der Waals surface area contributed by atoms with Crippen molar-refractivity contribution in [2.45, 2.75) is 12.8 Å². The fourth-order valence-electron chi connectivity index (χ4n) is 1.38. The molecule has 0 aliphatic heterocycles. The van der Waals surface area contributed by atoms with Gasteiger partial charge in [0.2, 0.25) is 5.91 Å². The van der Waals surface area contributed by atoms with Crippen molar-refractivity contribution in [1.82, 2.24) is 20.8 Å². The fraction of sp³-hybridized carbons (Fsp3) is 0.455. The van der Waals surface area contributed by atoms with Gasteiger partial charge >= 0.3 is 0 Å². The number of rotatable bonds is 5. The molecule has 7 heteroatoms. The molecule has 6 nitrogen and oxygen atoms in total. The van der Waals surface area contributed by atoms with Crippen LogP contribution in [0.2, 0.25) is 5.15 Å². The van der Waals surface area contributed by atoms with Gasteiger partial charge < -0.3 is 10.6 Å². The summed E-state index contributed by atoms with van der Waals surface area (Å²) < 4.78 is 0. The Labute approximate surface area is 109 Å². The molecule has 0 bridgehead atoms. The van der Waals surface area contributed by atoms with Crippen LogP contribution in [0.1, 0.15) is 23.3 Å². The minimum atomic E-state index is -0.333. The second-order valence-electron chi connectivity index (χ2n) is 4.06. The number of carbonyl (C=O) groups excluding carboxylic acids is 2. The second-order valence-corrected chi connectivity index (χ2v) is 4.45. The molecule has 1 fully saturated rings. The molecule has 0 aromatic carbocycles. The first-order valence-electron chi connectivity index (χ1n) is 5.72. The zero-order valence-electron chi connectivity index (χ0n) is 9.65. The standard InChI is InChI=1S/C11H13ClN4O2/c12-9-4-3-8(15-16-9)11(18)14-6-5-13-10(17)7-1-2-7/h3-4,7H,1-2,5-6H2,(H,13,17)(H,14,18). The molecule has 1 aromatic rings. The molecule has 18 heavy (non-hydrogen) atoms. The Kier molecular flexibility index (Phi) is 4.09. The van der Waals surface area contributed by atoms with E-state index in [4.69, 9.17) is 11.6 Å². The topological polar surface area (TPSA) is 84.0 Å². The first-order chi connectivity index (χ1) is 8.66. The molecular weight excluding hydrogens is 256 g/mol. The summed E-state index contributed by atoms with van der Waals surface area (Å²) in [5.41, 5.74) is 0.202. The zero-order valence-corrected chi connectivity index (χ0v) is 10.4. The number of hydrogen-bond acceptors (Lipinski definition) is 4. The van der Waals surface area contributed by atoms with Crippen LogP contribution in [0.5, 0.6) is 0 Å². The van der Waals surface area contributed by atoms with Crippen LogP contribution >= 0.6 is 11.6 Å². The van der Waals surface area contributed by atoms with Gasteiger partial charge in [0.25, 0.3) is 5.91 Å². The predicted octanol–water partition coefficient (Wildman–Crippen LogP) is 0.386. The Hall–Kier alpha value is -1.69. The third kappa shape index (κ3) is 3.66. The summed E-state index contributed by atoms with van der Waals surface area (Å²) in [6.45, 7) is 0.781. The van der Waals surface area contributed by atoms with Crippen molar-refractivity contribution in [3.05, 3.63) is 23.0 Å². The summed E-state index contributed by atoms with van der Waals surface area (Å²) in [4.78, 5) is 22.9. The number of halogens is 1. The van der Waals surface area contributed by atoms with Gasteiger partial charge in [-0.05, 0) is 25.0 Å². The van der Waals surface area contributed by atoms with Gasteiger partial charge in [-0.25, -0.2) is 0 Å². The number of nitrogens with one attached hydrogen (secondary N) is 2. The summed E-state index contributed by atoms with van der Waals surface area (Å²) in [5.74, 6) is -0.0850. The van der Waals surface area contributed by atoms with Crippen molar-refractivity contribution in [2.75, 3.05) is 13.1 Å². The van der Waals surface area contributed by atoms with Gasteiger partial charge in [0.1, 0.15) is 0 Å². The quantitative estimate of drug-likeness (QED) is 0.757. The predicted molar refractivity (Wildman–Crippen MR) is 65.1 cm³/mol. The van der Waals surface area contributed by atoms with E-state index in [1.54, 1.807) is 0 Å². The Bertz CT molecular complexity index is 445. The summed E-state index contributed by atoms with van der Waals surface area (Å²) >= 11 is 5.56. The smallest absolute Gasteiger partial charge is 0.271 e. The molecule has 96 valence electrons. The Morgan fingerprint density at radius 2 is 1.94 bits per heavy atom. The Balaban J connectivity index is 1.68. The van der Waals surface area contributed by atoms with E-state index in [0.29, 0.717) is 13.1 Å². The van der Waals surface area contributed by atoms with Crippen LogP contribution in [0.15, 0.2) is 12.1 Å². The average molecular weight is 269 g/mol. The van der Waals surface area contributed by atoms with Gasteiger partial charge in [0.15, 0.2) is 10.8 Å². The molecule has 1 aromatic heterocycles. The van der Waals surface area contributed by atoms with Crippen LogP contribution in [-0.2, 0) is 4.79 Å². The van der Waals surface area contributed by atoms with Crippen LogP contribution < -0.4 is 10.6 Å². The summed E-state index contributed by atoms with van der Waals surface area (Å²) in [6.07, 6.45) is 1.94. The molecular formula is C11H13ClN4O2. The number of amides is 2. The highest BCUT2D eigenvalue weighted by molar-refractivity contribution is 6.29. The minimum Gasteiger partial charge on any atom is -0.354 e. The first-order valence-corrected chi connectivity index (χ1v) is 6.10. The molecule has 0 saturated heterocycles. The summed E-state index contributed by atoms with van der Waals surface area (Å²) in [7, 11) is 0. The zero-order chi connectivity index (χ0) is 13.0. The van der Waals surface area contributed by atoms with Gasteiger partial charge in [-0.15, -0.1) is 10.2 Å². The molecule has 2 amide bonds. The lowest BCUT2D eigenvalue weighted by Crippen LogP contribution is -2.35. The van der Waals surface area contributed by atoms with E-state index in [9.17, 15) is 9.59 Å². The summed E-state index contributed by atoms with van der Waals surface area (Å²) in [6, 6.07) is 2.99. The lowest BCUT2D eigenvalue weighted by Gasteiger charge is -2.05. The summed E-state index contributed by atoms with van der Waals surface area (Å²) in [5, 5.41) is 12.8. The highest BCUT2D eigenvalue weighted by Crippen LogP contribution is 2.28. The van der Waals surface area contributed by atoms with E-state index < -0.39 is 0 Å². The molecule has 2 rings (SSSR count). The van der Waals surface area contributed by atoms with Crippen LogP contribution in [0, 0.1) is 5.92 Å². The minimum absolute atomic E-state index is 0.0653. The normalized spacial score (nSPS) is 14.1. The lowest BCUT2D eigenvalue weighted by atomic mass is 10.3. The van der Waals surface area contributed by atoms with E-state index in [-0.39, 0.29) is 28.6 Å². The molecule has 0 spiro atoms. The monoisotopic (exact) mass is 268 g/mol. The van der Waals surface area contributed by atoms with Gasteiger partial charge in [-0.3, -0.25) is 9.59 Å². The van der Waals surface area contributed by atoms with Crippen molar-refractivity contribution < 1.29 is 9.59 Å². The number of carbonyl (C=O) groups is 2. The molecule has 2 N–H and O–H groups in total. The van der Waals surface area contributed by atoms with Gasteiger partial charge in [-0.1, -0.05) is 11.6 Å². The molecule has 0 unspecified atom stereocenters. The largest absolute Gasteiger partial charge is 0.354 e. The van der Waals surface area contributed by atoms with Crippen molar-refractivity contribution in [3.63, 3.8) is 0 Å². The van der Waals surface area contributed by atoms with E-state index in [0.717, 1.165) is 12.8 Å². The van der Waals surface area contributed by atoms with Crippen molar-refractivity contribution in [3.8, 4) is 0 Å². The third-order valence-electron chi connectivity index (χ3n) is 2.52. The van der Waals surface area contributed by atoms with Crippen LogP contribution in [0.4, 0.5) is 0 Å². The Morgan fingerprint density at radius 1 is 1.22 bits per heavy atom. The van der Waals surface area contributed by atoms with E-state index in [1.165, 1.54) is 12.1 Å². The number of aromatic nitrogens is 2. The van der Waals surface area contributed by atoms with Crippen molar-refractivity contribution >= 4 is 23.4 Å². The van der Waals surface area contributed by atoms with Crippen LogP contribution in [0.25, 0.3) is 0 Å². The maximum Gasteiger partial charge on any atom is 0.271 e. The van der Waals surface area contributed by atoms with Crippen molar-refractivity contribution in [1.29, 1.82) is 0 Å². The number of hydrogen-bond donors (Lipinski definition) is 2. The third-order valence-corrected chi connectivity index (χ3v) is 2.72. The fourth-order valence-corrected chi connectivity index (χ4v) is 1.48. The molecule has 0 atom stereocenters. The second kappa shape index (κ2) is 5.77. The lowest BCUT2D eigenvalue weighted by molar-refractivity contribution is -0.122. The molecule has 1 saturated carbocycles.